The number of aryl methyl sites for hydroxylation is 1. The number of carbonyl (C=O) groups is 2. The van der Waals surface area contributed by atoms with Crippen molar-refractivity contribution in [3.63, 3.8) is 0 Å². The number of fused-ring (bicyclic) bond motifs is 1. The van der Waals surface area contributed by atoms with Gasteiger partial charge in [-0.2, -0.15) is 11.8 Å². The number of carbonyl (C=O) groups excluding carboxylic acids is 2. The second kappa shape index (κ2) is 5.87. The number of nitrogens with one attached hydrogen (secondary N) is 2. The molecule has 4 nitrogen and oxygen atoms in total. The molecular formula is C15H18N2O2S. The SMILES string of the molecule is O=C1CCc2cc(C(=O)NCC3CCCS3)ccc2N1. The van der Waals surface area contributed by atoms with E-state index < -0.39 is 0 Å². The molecule has 3 rings (SSSR count). The highest BCUT2D eigenvalue weighted by Gasteiger charge is 2.19. The predicted molar refractivity (Wildman–Crippen MR) is 81.2 cm³/mol. The first-order valence-corrected chi connectivity index (χ1v) is 8.10. The Morgan fingerprint density at radius 1 is 1.40 bits per heavy atom. The van der Waals surface area contributed by atoms with Crippen LogP contribution in [0.25, 0.3) is 0 Å². The van der Waals surface area contributed by atoms with Gasteiger partial charge in [-0.25, -0.2) is 0 Å². The fourth-order valence-electron chi connectivity index (χ4n) is 2.64. The predicted octanol–water partition coefficient (Wildman–Crippen LogP) is 2.20. The Morgan fingerprint density at radius 3 is 3.10 bits per heavy atom. The first-order valence-electron chi connectivity index (χ1n) is 7.05. The van der Waals surface area contributed by atoms with E-state index in [0.29, 0.717) is 23.7 Å². The molecule has 5 heteroatoms. The summed E-state index contributed by atoms with van der Waals surface area (Å²) < 4.78 is 0. The molecule has 0 saturated carbocycles. The summed E-state index contributed by atoms with van der Waals surface area (Å²) in [6.07, 6.45) is 3.66. The highest BCUT2D eigenvalue weighted by atomic mass is 32.2. The molecular weight excluding hydrogens is 272 g/mol. The van der Waals surface area contributed by atoms with Crippen LogP contribution in [-0.4, -0.2) is 29.4 Å². The minimum absolute atomic E-state index is 0.0165. The van der Waals surface area contributed by atoms with Crippen LogP contribution in [0.1, 0.15) is 35.2 Å². The Bertz CT molecular complexity index is 539. The molecule has 2 amide bonds. The lowest BCUT2D eigenvalue weighted by molar-refractivity contribution is -0.116. The minimum atomic E-state index is -0.0165. The molecule has 1 fully saturated rings. The van der Waals surface area contributed by atoms with Gasteiger partial charge in [-0.3, -0.25) is 9.59 Å². The van der Waals surface area contributed by atoms with Crippen molar-refractivity contribution in [2.24, 2.45) is 0 Å². The number of hydrogen-bond donors (Lipinski definition) is 2. The van der Waals surface area contributed by atoms with Crippen molar-refractivity contribution in [2.75, 3.05) is 17.6 Å². The third kappa shape index (κ3) is 2.98. The number of benzene rings is 1. The second-order valence-electron chi connectivity index (χ2n) is 5.27. The summed E-state index contributed by atoms with van der Waals surface area (Å²) in [6.45, 7) is 0.747. The van der Waals surface area contributed by atoms with E-state index >= 15 is 0 Å². The second-order valence-corrected chi connectivity index (χ2v) is 6.67. The maximum Gasteiger partial charge on any atom is 0.251 e. The van der Waals surface area contributed by atoms with Crippen LogP contribution in [0.15, 0.2) is 18.2 Å². The van der Waals surface area contributed by atoms with Crippen LogP contribution in [0, 0.1) is 0 Å². The number of rotatable bonds is 3. The Balaban J connectivity index is 1.64. The summed E-state index contributed by atoms with van der Waals surface area (Å²) in [5, 5.41) is 6.40. The Morgan fingerprint density at radius 2 is 2.30 bits per heavy atom. The Labute approximate surface area is 122 Å². The topological polar surface area (TPSA) is 58.2 Å². The normalized spacial score (nSPS) is 21.2. The summed E-state index contributed by atoms with van der Waals surface area (Å²) in [7, 11) is 0. The molecule has 0 aromatic heterocycles. The van der Waals surface area contributed by atoms with Crippen molar-refractivity contribution in [1.29, 1.82) is 0 Å². The molecule has 20 heavy (non-hydrogen) atoms. The molecule has 1 saturated heterocycles. The van der Waals surface area contributed by atoms with Gasteiger partial charge in [0, 0.05) is 29.5 Å². The van der Waals surface area contributed by atoms with Gasteiger partial charge in [0.1, 0.15) is 0 Å². The van der Waals surface area contributed by atoms with Crippen molar-refractivity contribution in [3.8, 4) is 0 Å². The third-order valence-corrected chi connectivity index (χ3v) is 5.18. The summed E-state index contributed by atoms with van der Waals surface area (Å²) >= 11 is 1.94. The van der Waals surface area contributed by atoms with Gasteiger partial charge in [0.2, 0.25) is 5.91 Å². The van der Waals surface area contributed by atoms with Crippen molar-refractivity contribution >= 4 is 29.3 Å². The standard InChI is InChI=1S/C15H18N2O2S/c18-14-6-4-10-8-11(3-5-13(10)17-14)15(19)16-9-12-2-1-7-20-12/h3,5,8,12H,1-2,4,6-7,9H2,(H,16,19)(H,17,18). The average Bonchev–Trinajstić information content (AvgIpc) is 2.97. The van der Waals surface area contributed by atoms with Gasteiger partial charge in [0.25, 0.3) is 5.91 Å². The van der Waals surface area contributed by atoms with E-state index in [2.05, 4.69) is 10.6 Å². The smallest absolute Gasteiger partial charge is 0.251 e. The molecule has 1 aromatic carbocycles. The van der Waals surface area contributed by atoms with Crippen LogP contribution >= 0.6 is 11.8 Å². The van der Waals surface area contributed by atoms with Crippen molar-refractivity contribution in [1.82, 2.24) is 5.32 Å². The Hall–Kier alpha value is -1.49. The molecule has 0 bridgehead atoms. The van der Waals surface area contributed by atoms with Crippen LogP contribution in [0.4, 0.5) is 5.69 Å². The molecule has 2 aliphatic rings. The zero-order chi connectivity index (χ0) is 13.9. The van der Waals surface area contributed by atoms with Gasteiger partial charge in [0.05, 0.1) is 0 Å². The van der Waals surface area contributed by atoms with Gasteiger partial charge in [-0.1, -0.05) is 0 Å². The average molecular weight is 290 g/mol. The number of anilines is 1. The molecule has 0 radical (unpaired) electrons. The molecule has 106 valence electrons. The van der Waals surface area contributed by atoms with E-state index in [1.54, 1.807) is 6.07 Å². The highest BCUT2D eigenvalue weighted by molar-refractivity contribution is 8.00. The summed E-state index contributed by atoms with van der Waals surface area (Å²) in [5.41, 5.74) is 2.57. The van der Waals surface area contributed by atoms with Crippen LogP contribution in [0.3, 0.4) is 0 Å². The summed E-state index contributed by atoms with van der Waals surface area (Å²) in [6, 6.07) is 5.50. The van der Waals surface area contributed by atoms with Gasteiger partial charge in [0.15, 0.2) is 0 Å². The zero-order valence-corrected chi connectivity index (χ0v) is 12.1. The fraction of sp³-hybridized carbons (Fsp3) is 0.467. The molecule has 1 unspecified atom stereocenters. The lowest BCUT2D eigenvalue weighted by Crippen LogP contribution is -2.30. The lowest BCUT2D eigenvalue weighted by Gasteiger charge is -2.17. The number of hydrogen-bond acceptors (Lipinski definition) is 3. The van der Waals surface area contributed by atoms with Crippen molar-refractivity contribution in [2.45, 2.75) is 30.9 Å². The first-order chi connectivity index (χ1) is 9.72. The van der Waals surface area contributed by atoms with Crippen molar-refractivity contribution in [3.05, 3.63) is 29.3 Å². The largest absolute Gasteiger partial charge is 0.351 e. The summed E-state index contributed by atoms with van der Waals surface area (Å²) in [5.74, 6) is 1.24. The summed E-state index contributed by atoms with van der Waals surface area (Å²) in [4.78, 5) is 23.4. The van der Waals surface area contributed by atoms with Gasteiger partial charge in [-0.15, -0.1) is 0 Å². The van der Waals surface area contributed by atoms with E-state index in [4.69, 9.17) is 0 Å². The molecule has 1 atom stereocenters. The van der Waals surface area contributed by atoms with E-state index in [0.717, 1.165) is 17.8 Å². The molecule has 2 heterocycles. The molecule has 1 aromatic rings. The van der Waals surface area contributed by atoms with Gasteiger partial charge < -0.3 is 10.6 Å². The lowest BCUT2D eigenvalue weighted by atomic mass is 10.00. The fourth-order valence-corrected chi connectivity index (χ4v) is 3.84. The Kier molecular flexibility index (Phi) is 3.96. The van der Waals surface area contributed by atoms with Crippen LogP contribution in [-0.2, 0) is 11.2 Å². The maximum atomic E-state index is 12.1. The number of thioether (sulfide) groups is 1. The molecule has 2 aliphatic heterocycles. The van der Waals surface area contributed by atoms with Gasteiger partial charge in [-0.05, 0) is 48.8 Å². The van der Waals surface area contributed by atoms with Gasteiger partial charge >= 0.3 is 0 Å². The van der Waals surface area contributed by atoms with Crippen LogP contribution in [0.2, 0.25) is 0 Å². The number of amides is 2. The quantitative estimate of drug-likeness (QED) is 0.897. The van der Waals surface area contributed by atoms with E-state index in [1.807, 2.05) is 23.9 Å². The molecule has 2 N–H and O–H groups in total. The zero-order valence-electron chi connectivity index (χ0n) is 11.3. The van der Waals surface area contributed by atoms with Crippen LogP contribution < -0.4 is 10.6 Å². The van der Waals surface area contributed by atoms with E-state index in [1.165, 1.54) is 18.6 Å². The monoisotopic (exact) mass is 290 g/mol. The third-order valence-electron chi connectivity index (χ3n) is 3.78. The van der Waals surface area contributed by atoms with Crippen molar-refractivity contribution < 1.29 is 9.59 Å². The minimum Gasteiger partial charge on any atom is -0.351 e. The van der Waals surface area contributed by atoms with Crippen LogP contribution in [0.5, 0.6) is 0 Å². The van der Waals surface area contributed by atoms with E-state index in [-0.39, 0.29) is 11.8 Å². The first kappa shape index (κ1) is 13.5. The maximum absolute atomic E-state index is 12.1. The molecule has 0 aliphatic carbocycles. The highest BCUT2D eigenvalue weighted by Crippen LogP contribution is 2.26. The van der Waals surface area contributed by atoms with E-state index in [9.17, 15) is 9.59 Å². The molecule has 0 spiro atoms.